The van der Waals surface area contributed by atoms with Crippen molar-refractivity contribution in [3.05, 3.63) is 107 Å². The lowest BCUT2D eigenvalue weighted by molar-refractivity contribution is -0.165. The van der Waals surface area contributed by atoms with Gasteiger partial charge in [-0.05, 0) is 48.1 Å². The average Bonchev–Trinajstić information content (AvgIpc) is 3.57. The van der Waals surface area contributed by atoms with Crippen LogP contribution in [0.2, 0.25) is 0 Å². The second-order valence-electron chi connectivity index (χ2n) is 9.29. The highest BCUT2D eigenvalue weighted by molar-refractivity contribution is 5.76. The van der Waals surface area contributed by atoms with Gasteiger partial charge in [-0.15, -0.1) is 0 Å². The van der Waals surface area contributed by atoms with E-state index >= 15 is 0 Å². The molecule has 1 aliphatic rings. The lowest BCUT2D eigenvalue weighted by Crippen LogP contribution is -2.51. The molecule has 8 nitrogen and oxygen atoms in total. The van der Waals surface area contributed by atoms with Gasteiger partial charge in [0.2, 0.25) is 6.10 Å². The molecule has 8 heteroatoms. The second-order valence-corrected chi connectivity index (χ2v) is 9.29. The van der Waals surface area contributed by atoms with Gasteiger partial charge in [-0.1, -0.05) is 66.7 Å². The standard InChI is InChI=1S/C31H31NO7/c1-35-26-17-16-21(20-27(26)36-2)18-19-37-31(22-10-5-3-6-11-22,23-12-7-4-8-13-23)28(29(33)34)39-30-32-24-14-9-15-25(24)38-30/h3-8,10-13,16-17,20,28H,9,14-15,18-19H2,1-2H3,(H,33,34). The molecule has 0 saturated carbocycles. The van der Waals surface area contributed by atoms with Crippen LogP contribution in [0.25, 0.3) is 0 Å². The van der Waals surface area contributed by atoms with E-state index < -0.39 is 17.7 Å². The van der Waals surface area contributed by atoms with Crippen molar-refractivity contribution in [2.45, 2.75) is 37.4 Å². The number of aliphatic carboxylic acids is 1. The van der Waals surface area contributed by atoms with Crippen LogP contribution in [0.5, 0.6) is 17.6 Å². The minimum absolute atomic E-state index is 0.0631. The van der Waals surface area contributed by atoms with Crippen LogP contribution in [0.1, 0.15) is 34.6 Å². The first kappa shape index (κ1) is 26.3. The van der Waals surface area contributed by atoms with Crippen LogP contribution in [0, 0.1) is 0 Å². The molecule has 5 rings (SSSR count). The van der Waals surface area contributed by atoms with E-state index in [9.17, 15) is 9.90 Å². The molecular formula is C31H31NO7. The number of nitrogens with zero attached hydrogens (tertiary/aromatic N) is 1. The molecule has 4 aromatic rings. The first-order valence-corrected chi connectivity index (χ1v) is 12.9. The van der Waals surface area contributed by atoms with Crippen molar-refractivity contribution in [3.63, 3.8) is 0 Å². The van der Waals surface area contributed by atoms with Gasteiger partial charge < -0.3 is 28.5 Å². The number of oxazole rings is 1. The Labute approximate surface area is 227 Å². The van der Waals surface area contributed by atoms with Crippen molar-refractivity contribution in [1.82, 2.24) is 4.98 Å². The Hall–Kier alpha value is -4.30. The van der Waals surface area contributed by atoms with Crippen molar-refractivity contribution < 1.29 is 33.3 Å². The van der Waals surface area contributed by atoms with E-state index in [1.165, 1.54) is 0 Å². The first-order valence-electron chi connectivity index (χ1n) is 12.9. The zero-order chi connectivity index (χ0) is 27.2. The van der Waals surface area contributed by atoms with Gasteiger partial charge in [0.25, 0.3) is 0 Å². The number of methoxy groups -OCH3 is 2. The number of ether oxygens (including phenoxy) is 4. The lowest BCUT2D eigenvalue weighted by atomic mass is 9.81. The average molecular weight is 530 g/mol. The van der Waals surface area contributed by atoms with Crippen molar-refractivity contribution in [2.24, 2.45) is 0 Å². The van der Waals surface area contributed by atoms with E-state index in [1.54, 1.807) is 14.2 Å². The number of rotatable bonds is 12. The summed E-state index contributed by atoms with van der Waals surface area (Å²) >= 11 is 0. The summed E-state index contributed by atoms with van der Waals surface area (Å²) < 4.78 is 29.3. The molecule has 0 spiro atoms. The van der Waals surface area contributed by atoms with Crippen LogP contribution in [-0.4, -0.2) is 43.0 Å². The molecule has 0 aliphatic heterocycles. The molecule has 39 heavy (non-hydrogen) atoms. The highest BCUT2D eigenvalue weighted by Crippen LogP contribution is 2.40. The smallest absolute Gasteiger partial charge is 0.394 e. The Morgan fingerprint density at radius 3 is 2.21 bits per heavy atom. The number of benzene rings is 3. The molecule has 3 aromatic carbocycles. The number of aromatic nitrogens is 1. The van der Waals surface area contributed by atoms with Gasteiger partial charge >= 0.3 is 12.0 Å². The molecule has 1 atom stereocenters. The molecule has 1 unspecified atom stereocenters. The summed E-state index contributed by atoms with van der Waals surface area (Å²) in [5, 5.41) is 10.6. The molecule has 0 radical (unpaired) electrons. The predicted molar refractivity (Wildman–Crippen MR) is 143 cm³/mol. The van der Waals surface area contributed by atoms with Gasteiger partial charge in [0, 0.05) is 6.42 Å². The molecule has 202 valence electrons. The van der Waals surface area contributed by atoms with Gasteiger partial charge in [0.15, 0.2) is 17.1 Å². The van der Waals surface area contributed by atoms with Crippen LogP contribution in [0.4, 0.5) is 0 Å². The molecule has 1 aromatic heterocycles. The largest absolute Gasteiger partial charge is 0.493 e. The van der Waals surface area contributed by atoms with Crippen LogP contribution in [-0.2, 0) is 34.4 Å². The number of hydrogen-bond donors (Lipinski definition) is 1. The molecular weight excluding hydrogens is 498 g/mol. The summed E-state index contributed by atoms with van der Waals surface area (Å²) in [6.07, 6.45) is 1.43. The molecule has 1 aliphatic carbocycles. The Bertz CT molecular complexity index is 1340. The Morgan fingerprint density at radius 1 is 0.949 bits per heavy atom. The van der Waals surface area contributed by atoms with Crippen LogP contribution >= 0.6 is 0 Å². The highest BCUT2D eigenvalue weighted by atomic mass is 16.6. The fourth-order valence-electron chi connectivity index (χ4n) is 5.07. The molecule has 1 N–H and O–H groups in total. The van der Waals surface area contributed by atoms with Gasteiger partial charge in [-0.25, -0.2) is 4.79 Å². The third kappa shape index (κ3) is 5.33. The second kappa shape index (κ2) is 11.6. The van der Waals surface area contributed by atoms with E-state index in [2.05, 4.69) is 4.98 Å². The van der Waals surface area contributed by atoms with Crippen molar-refractivity contribution in [1.29, 1.82) is 0 Å². The first-order chi connectivity index (χ1) is 19.0. The zero-order valence-electron chi connectivity index (χ0n) is 22.0. The van der Waals surface area contributed by atoms with Gasteiger partial charge in [0.05, 0.1) is 26.5 Å². The third-order valence-corrected chi connectivity index (χ3v) is 6.96. The predicted octanol–water partition coefficient (Wildman–Crippen LogP) is 5.22. The monoisotopic (exact) mass is 529 g/mol. The minimum Gasteiger partial charge on any atom is -0.493 e. The van der Waals surface area contributed by atoms with E-state index in [4.69, 9.17) is 23.4 Å². The molecule has 1 heterocycles. The maximum atomic E-state index is 13.0. The minimum atomic E-state index is -1.51. The summed E-state index contributed by atoms with van der Waals surface area (Å²) in [7, 11) is 3.17. The number of fused-ring (bicyclic) bond motifs is 1. The van der Waals surface area contributed by atoms with Crippen molar-refractivity contribution in [3.8, 4) is 17.6 Å². The summed E-state index contributed by atoms with van der Waals surface area (Å²) in [5.74, 6) is 0.777. The Kier molecular flexibility index (Phi) is 7.84. The summed E-state index contributed by atoms with van der Waals surface area (Å²) in [5.41, 5.74) is 1.52. The van der Waals surface area contributed by atoms with Crippen LogP contribution in [0.15, 0.2) is 83.3 Å². The molecule has 0 bridgehead atoms. The lowest BCUT2D eigenvalue weighted by Gasteiger charge is -2.38. The SMILES string of the molecule is COc1ccc(CCOC(c2ccccc2)(c2ccccc2)C(Oc2nc3c(o2)CCC3)C(=O)O)cc1OC. The summed E-state index contributed by atoms with van der Waals surface area (Å²) in [6, 6.07) is 24.2. The Balaban J connectivity index is 1.54. The topological polar surface area (TPSA) is 100 Å². The van der Waals surface area contributed by atoms with Crippen molar-refractivity contribution in [2.75, 3.05) is 20.8 Å². The summed E-state index contributed by atoms with van der Waals surface area (Å²) in [4.78, 5) is 17.4. The zero-order valence-corrected chi connectivity index (χ0v) is 22.0. The maximum absolute atomic E-state index is 13.0. The van der Waals surface area contributed by atoms with Crippen LogP contribution < -0.4 is 14.2 Å². The highest BCUT2D eigenvalue weighted by Gasteiger charge is 2.50. The number of carboxylic acids is 1. The van der Waals surface area contributed by atoms with E-state index in [-0.39, 0.29) is 12.7 Å². The maximum Gasteiger partial charge on any atom is 0.394 e. The number of aryl methyl sites for hydroxylation is 2. The van der Waals surface area contributed by atoms with E-state index in [1.807, 2.05) is 78.9 Å². The molecule has 0 amide bonds. The fraction of sp³-hybridized carbons (Fsp3) is 0.290. The number of hydrogen-bond acceptors (Lipinski definition) is 7. The van der Waals surface area contributed by atoms with Crippen LogP contribution in [0.3, 0.4) is 0 Å². The number of carboxylic acid groups (broad SMARTS) is 1. The van der Waals surface area contributed by atoms with Gasteiger partial charge in [-0.3, -0.25) is 0 Å². The molecule has 0 saturated heterocycles. The van der Waals surface area contributed by atoms with Crippen molar-refractivity contribution >= 4 is 5.97 Å². The fourth-order valence-corrected chi connectivity index (χ4v) is 5.07. The van der Waals surface area contributed by atoms with E-state index in [0.29, 0.717) is 29.0 Å². The summed E-state index contributed by atoms with van der Waals surface area (Å²) in [6.45, 7) is 0.189. The van der Waals surface area contributed by atoms with Gasteiger partial charge in [0.1, 0.15) is 5.76 Å². The quantitative estimate of drug-likeness (QED) is 0.267. The third-order valence-electron chi connectivity index (χ3n) is 6.96. The van der Waals surface area contributed by atoms with Gasteiger partial charge in [-0.2, -0.15) is 4.98 Å². The molecule has 0 fully saturated rings. The normalized spacial score (nSPS) is 13.5. The van der Waals surface area contributed by atoms with E-state index in [0.717, 1.165) is 36.3 Å². The number of carbonyl (C=O) groups is 1. The Morgan fingerprint density at radius 2 is 1.62 bits per heavy atom.